The van der Waals surface area contributed by atoms with E-state index in [1.807, 2.05) is 36.9 Å². The maximum Gasteiger partial charge on any atom is 0.161 e. The molecule has 0 aliphatic carbocycles. The fourth-order valence-electron chi connectivity index (χ4n) is 3.83. The van der Waals surface area contributed by atoms with Crippen LogP contribution in [0.2, 0.25) is 0 Å². The van der Waals surface area contributed by atoms with Gasteiger partial charge >= 0.3 is 0 Å². The monoisotopic (exact) mass is 377 g/mol. The van der Waals surface area contributed by atoms with E-state index in [-0.39, 0.29) is 6.04 Å². The predicted octanol–water partition coefficient (Wildman–Crippen LogP) is 2.90. The molecule has 1 atom stereocenters. The first-order chi connectivity index (χ1) is 13.6. The maximum atomic E-state index is 4.84. The molecule has 28 heavy (non-hydrogen) atoms. The minimum absolute atomic E-state index is 0.190. The summed E-state index contributed by atoms with van der Waals surface area (Å²) in [5.41, 5.74) is 2.06. The van der Waals surface area contributed by atoms with Gasteiger partial charge in [0.1, 0.15) is 18.0 Å². The molecule has 0 bridgehead atoms. The zero-order valence-electron chi connectivity index (χ0n) is 16.7. The van der Waals surface area contributed by atoms with E-state index in [9.17, 15) is 0 Å². The highest BCUT2D eigenvalue weighted by Crippen LogP contribution is 2.23. The van der Waals surface area contributed by atoms with Crippen LogP contribution in [0.1, 0.15) is 37.3 Å². The molecule has 1 unspecified atom stereocenters. The van der Waals surface area contributed by atoms with E-state index < -0.39 is 0 Å². The standard InChI is InChI=1S/C21H27N7/c1-15-13-19(26-20(24-15)17-7-5-4-6-8-17)28-11-9-18(10-12-28)25-16(2)21-22-14-23-27(21)3/h4-8,13-14,16,18,25H,9-12H2,1-3H3. The van der Waals surface area contributed by atoms with Crippen molar-refractivity contribution in [2.75, 3.05) is 18.0 Å². The highest BCUT2D eigenvalue weighted by atomic mass is 15.3. The van der Waals surface area contributed by atoms with Crippen LogP contribution in [-0.4, -0.2) is 43.9 Å². The van der Waals surface area contributed by atoms with Crippen LogP contribution in [0.3, 0.4) is 0 Å². The third-order valence-corrected chi connectivity index (χ3v) is 5.31. The Bertz CT molecular complexity index is 914. The summed E-state index contributed by atoms with van der Waals surface area (Å²) in [5.74, 6) is 2.79. The second kappa shape index (κ2) is 8.06. The van der Waals surface area contributed by atoms with Crippen LogP contribution in [0.15, 0.2) is 42.7 Å². The third-order valence-electron chi connectivity index (χ3n) is 5.31. The van der Waals surface area contributed by atoms with Crippen molar-refractivity contribution in [2.45, 2.75) is 38.8 Å². The van der Waals surface area contributed by atoms with E-state index in [0.717, 1.165) is 54.7 Å². The highest BCUT2D eigenvalue weighted by molar-refractivity contribution is 5.57. The molecule has 0 saturated carbocycles. The van der Waals surface area contributed by atoms with Gasteiger partial charge in [0.25, 0.3) is 0 Å². The van der Waals surface area contributed by atoms with Crippen LogP contribution < -0.4 is 10.2 Å². The van der Waals surface area contributed by atoms with E-state index in [1.165, 1.54) is 0 Å². The van der Waals surface area contributed by atoms with Crippen LogP contribution >= 0.6 is 0 Å². The molecule has 3 heterocycles. The number of benzene rings is 1. The lowest BCUT2D eigenvalue weighted by Crippen LogP contribution is -2.44. The quantitative estimate of drug-likeness (QED) is 0.737. The molecule has 0 radical (unpaired) electrons. The fourth-order valence-corrected chi connectivity index (χ4v) is 3.83. The first kappa shape index (κ1) is 18.6. The molecule has 2 aromatic heterocycles. The Hall–Kier alpha value is -2.80. The zero-order chi connectivity index (χ0) is 19.5. The number of rotatable bonds is 5. The largest absolute Gasteiger partial charge is 0.356 e. The Labute approximate surface area is 165 Å². The summed E-state index contributed by atoms with van der Waals surface area (Å²) < 4.78 is 1.83. The summed E-state index contributed by atoms with van der Waals surface area (Å²) in [6, 6.07) is 12.9. The summed E-state index contributed by atoms with van der Waals surface area (Å²) in [6.07, 6.45) is 3.76. The molecule has 1 aliphatic heterocycles. The molecule has 7 heteroatoms. The zero-order valence-corrected chi connectivity index (χ0v) is 16.7. The molecule has 1 N–H and O–H groups in total. The highest BCUT2D eigenvalue weighted by Gasteiger charge is 2.23. The van der Waals surface area contributed by atoms with Crippen LogP contribution in [0, 0.1) is 6.92 Å². The molecule has 3 aromatic rings. The van der Waals surface area contributed by atoms with Crippen LogP contribution in [0.4, 0.5) is 5.82 Å². The molecule has 1 aliphatic rings. The lowest BCUT2D eigenvalue weighted by molar-refractivity contribution is 0.368. The summed E-state index contributed by atoms with van der Waals surface area (Å²) >= 11 is 0. The van der Waals surface area contributed by atoms with Gasteiger partial charge in [-0.05, 0) is 26.7 Å². The van der Waals surface area contributed by atoms with Gasteiger partial charge in [0.05, 0.1) is 6.04 Å². The van der Waals surface area contributed by atoms with Crippen molar-refractivity contribution in [2.24, 2.45) is 7.05 Å². The number of anilines is 1. The lowest BCUT2D eigenvalue weighted by Gasteiger charge is -2.34. The van der Waals surface area contributed by atoms with Gasteiger partial charge in [-0.15, -0.1) is 0 Å². The van der Waals surface area contributed by atoms with Gasteiger partial charge in [-0.2, -0.15) is 5.10 Å². The second-order valence-electron chi connectivity index (χ2n) is 7.45. The summed E-state index contributed by atoms with van der Waals surface area (Å²) in [7, 11) is 1.94. The maximum absolute atomic E-state index is 4.84. The number of nitrogens with one attached hydrogen (secondary N) is 1. The van der Waals surface area contributed by atoms with Crippen LogP contribution in [-0.2, 0) is 7.05 Å². The Morgan fingerprint density at radius 1 is 1.11 bits per heavy atom. The Morgan fingerprint density at radius 2 is 1.86 bits per heavy atom. The van der Waals surface area contributed by atoms with Gasteiger partial charge in [-0.25, -0.2) is 15.0 Å². The van der Waals surface area contributed by atoms with Gasteiger partial charge in [0.15, 0.2) is 5.82 Å². The van der Waals surface area contributed by atoms with Gasteiger partial charge in [-0.1, -0.05) is 30.3 Å². The Kier molecular flexibility index (Phi) is 5.34. The van der Waals surface area contributed by atoms with Crippen LogP contribution in [0.25, 0.3) is 11.4 Å². The average molecular weight is 377 g/mol. The van der Waals surface area contributed by atoms with E-state index in [1.54, 1.807) is 6.33 Å². The Morgan fingerprint density at radius 3 is 2.54 bits per heavy atom. The smallest absolute Gasteiger partial charge is 0.161 e. The minimum atomic E-state index is 0.190. The van der Waals surface area contributed by atoms with Gasteiger partial charge in [0, 0.05) is 43.5 Å². The topological polar surface area (TPSA) is 71.8 Å². The number of nitrogens with zero attached hydrogens (tertiary/aromatic N) is 6. The van der Waals surface area contributed by atoms with Crippen molar-refractivity contribution in [1.29, 1.82) is 0 Å². The van der Waals surface area contributed by atoms with Crippen molar-refractivity contribution in [3.05, 3.63) is 54.2 Å². The van der Waals surface area contributed by atoms with Gasteiger partial charge < -0.3 is 10.2 Å². The summed E-state index contributed by atoms with van der Waals surface area (Å²) in [6.45, 7) is 6.15. The fraction of sp³-hybridized carbons (Fsp3) is 0.429. The second-order valence-corrected chi connectivity index (χ2v) is 7.45. The molecule has 4 rings (SSSR count). The first-order valence-electron chi connectivity index (χ1n) is 9.86. The molecule has 7 nitrogen and oxygen atoms in total. The number of hydrogen-bond donors (Lipinski definition) is 1. The predicted molar refractivity (Wildman–Crippen MR) is 110 cm³/mol. The first-order valence-corrected chi connectivity index (χ1v) is 9.86. The molecule has 146 valence electrons. The van der Waals surface area contributed by atoms with Crippen molar-refractivity contribution in [3.63, 3.8) is 0 Å². The van der Waals surface area contributed by atoms with E-state index in [2.05, 4.69) is 50.4 Å². The summed E-state index contributed by atoms with van der Waals surface area (Å²) in [4.78, 5) is 16.2. The van der Waals surface area contributed by atoms with Gasteiger partial charge in [-0.3, -0.25) is 4.68 Å². The van der Waals surface area contributed by atoms with Crippen molar-refractivity contribution in [3.8, 4) is 11.4 Å². The molecule has 0 amide bonds. The SMILES string of the molecule is Cc1cc(N2CCC(NC(C)c3ncnn3C)CC2)nc(-c2ccccc2)n1. The van der Waals surface area contributed by atoms with E-state index in [4.69, 9.17) is 4.98 Å². The number of hydrogen-bond acceptors (Lipinski definition) is 6. The van der Waals surface area contributed by atoms with Crippen LogP contribution in [0.5, 0.6) is 0 Å². The normalized spacial score (nSPS) is 16.3. The number of piperidine rings is 1. The van der Waals surface area contributed by atoms with Crippen molar-refractivity contribution in [1.82, 2.24) is 30.0 Å². The molecule has 1 saturated heterocycles. The summed E-state index contributed by atoms with van der Waals surface area (Å²) in [5, 5.41) is 7.87. The molecule has 1 fully saturated rings. The van der Waals surface area contributed by atoms with E-state index in [0.29, 0.717) is 6.04 Å². The molecular formula is C21H27N7. The Balaban J connectivity index is 1.41. The molecule has 0 spiro atoms. The molecule has 1 aromatic carbocycles. The average Bonchev–Trinajstić information content (AvgIpc) is 3.15. The number of aryl methyl sites for hydroxylation is 2. The van der Waals surface area contributed by atoms with Crippen molar-refractivity contribution >= 4 is 5.82 Å². The third kappa shape index (κ3) is 4.04. The molecular weight excluding hydrogens is 350 g/mol. The lowest BCUT2D eigenvalue weighted by atomic mass is 10.0. The van der Waals surface area contributed by atoms with Gasteiger partial charge in [0.2, 0.25) is 0 Å². The number of aromatic nitrogens is 5. The van der Waals surface area contributed by atoms with Crippen molar-refractivity contribution < 1.29 is 0 Å². The van der Waals surface area contributed by atoms with E-state index >= 15 is 0 Å². The minimum Gasteiger partial charge on any atom is -0.356 e.